The van der Waals surface area contributed by atoms with Crippen LogP contribution in [0.2, 0.25) is 0 Å². The highest BCUT2D eigenvalue weighted by Crippen LogP contribution is 2.44. The van der Waals surface area contributed by atoms with E-state index in [4.69, 9.17) is 4.74 Å². The van der Waals surface area contributed by atoms with Crippen molar-refractivity contribution in [2.45, 2.75) is 39.5 Å². The van der Waals surface area contributed by atoms with Crippen molar-refractivity contribution in [3.63, 3.8) is 0 Å². The Labute approximate surface area is 85.1 Å². The number of rotatable bonds is 6. The van der Waals surface area contributed by atoms with Crippen molar-refractivity contribution < 1.29 is 13.5 Å². The molecule has 1 atom stereocenters. The molecule has 1 nitrogen and oxygen atoms in total. The van der Waals surface area contributed by atoms with E-state index < -0.39 is 11.3 Å². The molecule has 0 spiro atoms. The number of alkyl halides is 2. The second-order valence-corrected chi connectivity index (χ2v) is 4.00. The van der Waals surface area contributed by atoms with Crippen molar-refractivity contribution in [1.82, 2.24) is 0 Å². The van der Waals surface area contributed by atoms with Crippen molar-refractivity contribution in [2.75, 3.05) is 13.7 Å². The smallest absolute Gasteiger partial charge is 0.259 e. The summed E-state index contributed by atoms with van der Waals surface area (Å²) in [5, 5.41) is 0. The van der Waals surface area contributed by atoms with Gasteiger partial charge in [-0.25, -0.2) is 8.78 Å². The van der Waals surface area contributed by atoms with Gasteiger partial charge in [-0.3, -0.25) is 0 Å². The largest absolute Gasteiger partial charge is 0.384 e. The molecule has 0 rings (SSSR count). The highest BCUT2D eigenvalue weighted by atomic mass is 19.3. The molecule has 0 aliphatic heterocycles. The van der Waals surface area contributed by atoms with Gasteiger partial charge >= 0.3 is 0 Å². The van der Waals surface area contributed by atoms with Crippen molar-refractivity contribution in [1.29, 1.82) is 0 Å². The molecule has 0 N–H and O–H groups in total. The van der Waals surface area contributed by atoms with Crippen molar-refractivity contribution in [3.8, 4) is 0 Å². The summed E-state index contributed by atoms with van der Waals surface area (Å²) >= 11 is 0. The van der Waals surface area contributed by atoms with Crippen LogP contribution in [0, 0.1) is 5.41 Å². The van der Waals surface area contributed by atoms with Crippen LogP contribution in [-0.4, -0.2) is 19.6 Å². The van der Waals surface area contributed by atoms with Gasteiger partial charge in [-0.05, 0) is 13.8 Å². The van der Waals surface area contributed by atoms with Gasteiger partial charge in [-0.15, -0.1) is 0 Å². The molecule has 0 amide bonds. The number of ether oxygens (including phenoxy) is 1. The summed E-state index contributed by atoms with van der Waals surface area (Å²) < 4.78 is 32.4. The fourth-order valence-electron chi connectivity index (χ4n) is 1.42. The minimum absolute atomic E-state index is 0.00926. The van der Waals surface area contributed by atoms with Gasteiger partial charge in [0, 0.05) is 13.5 Å². The Balaban J connectivity index is 4.88. The van der Waals surface area contributed by atoms with E-state index >= 15 is 0 Å². The Hall–Kier alpha value is -0.440. The summed E-state index contributed by atoms with van der Waals surface area (Å²) in [6, 6.07) is 0. The van der Waals surface area contributed by atoms with Crippen molar-refractivity contribution >= 4 is 0 Å². The minimum Gasteiger partial charge on any atom is -0.384 e. The van der Waals surface area contributed by atoms with E-state index in [1.807, 2.05) is 0 Å². The molecule has 14 heavy (non-hydrogen) atoms. The average molecular weight is 206 g/mol. The molecular weight excluding hydrogens is 186 g/mol. The Morgan fingerprint density at radius 3 is 2.21 bits per heavy atom. The number of hydrogen-bond acceptors (Lipinski definition) is 1. The summed E-state index contributed by atoms with van der Waals surface area (Å²) in [7, 11) is 1.43. The quantitative estimate of drug-likeness (QED) is 0.603. The lowest BCUT2D eigenvalue weighted by molar-refractivity contribution is -0.126. The van der Waals surface area contributed by atoms with Gasteiger partial charge in [0.05, 0.1) is 12.0 Å². The molecule has 0 aromatic heterocycles. The molecule has 0 aliphatic rings. The third-order valence-corrected chi connectivity index (χ3v) is 2.75. The predicted octanol–water partition coefficient (Wildman–Crippen LogP) is 3.65. The van der Waals surface area contributed by atoms with Gasteiger partial charge in [-0.2, -0.15) is 0 Å². The minimum atomic E-state index is -2.75. The molecule has 0 saturated heterocycles. The third kappa shape index (κ3) is 2.53. The van der Waals surface area contributed by atoms with E-state index in [0.29, 0.717) is 12.0 Å². The summed E-state index contributed by atoms with van der Waals surface area (Å²) in [6.45, 7) is 8.53. The molecule has 0 heterocycles. The molecule has 0 aromatic rings. The van der Waals surface area contributed by atoms with E-state index in [9.17, 15) is 8.78 Å². The highest BCUT2D eigenvalue weighted by molar-refractivity contribution is 5.12. The van der Waals surface area contributed by atoms with Crippen LogP contribution in [0.3, 0.4) is 0 Å². The van der Waals surface area contributed by atoms with Gasteiger partial charge < -0.3 is 4.74 Å². The van der Waals surface area contributed by atoms with Gasteiger partial charge in [0.1, 0.15) is 0 Å². The summed E-state index contributed by atoms with van der Waals surface area (Å²) in [5.41, 5.74) is -0.782. The molecule has 0 aliphatic carbocycles. The van der Waals surface area contributed by atoms with E-state index in [1.54, 1.807) is 13.8 Å². The van der Waals surface area contributed by atoms with E-state index in [-0.39, 0.29) is 13.0 Å². The van der Waals surface area contributed by atoms with E-state index in [2.05, 4.69) is 6.58 Å². The second-order valence-electron chi connectivity index (χ2n) is 4.00. The first-order chi connectivity index (χ1) is 6.31. The molecule has 0 saturated carbocycles. The standard InChI is InChI=1S/C11H20F2O/c1-6-7-11(12,13)10(4,8-14-5)9(2)3/h2,6-8H2,1,3-5H3. The summed E-state index contributed by atoms with van der Waals surface area (Å²) in [4.78, 5) is 0. The highest BCUT2D eigenvalue weighted by Gasteiger charge is 2.49. The average Bonchev–Trinajstić information content (AvgIpc) is 2.03. The Morgan fingerprint density at radius 2 is 1.93 bits per heavy atom. The topological polar surface area (TPSA) is 9.23 Å². The van der Waals surface area contributed by atoms with Crippen LogP contribution >= 0.6 is 0 Å². The van der Waals surface area contributed by atoms with Crippen LogP contribution in [0.5, 0.6) is 0 Å². The van der Waals surface area contributed by atoms with Crippen LogP contribution in [-0.2, 0) is 4.74 Å². The van der Waals surface area contributed by atoms with Crippen LogP contribution < -0.4 is 0 Å². The monoisotopic (exact) mass is 206 g/mol. The van der Waals surface area contributed by atoms with Crippen LogP contribution in [0.25, 0.3) is 0 Å². The lowest BCUT2D eigenvalue weighted by Gasteiger charge is -2.37. The van der Waals surface area contributed by atoms with Gasteiger partial charge in [0.15, 0.2) is 0 Å². The number of methoxy groups -OCH3 is 1. The van der Waals surface area contributed by atoms with Crippen molar-refractivity contribution in [2.24, 2.45) is 5.41 Å². The first kappa shape index (κ1) is 13.6. The maximum atomic E-state index is 13.8. The molecule has 84 valence electrons. The number of hydrogen-bond donors (Lipinski definition) is 0. The molecule has 3 heteroatoms. The zero-order chi connectivity index (χ0) is 11.4. The molecule has 1 unspecified atom stereocenters. The van der Waals surface area contributed by atoms with Crippen LogP contribution in [0.15, 0.2) is 12.2 Å². The van der Waals surface area contributed by atoms with E-state index in [1.165, 1.54) is 14.0 Å². The fraction of sp³-hybridized carbons (Fsp3) is 0.818. The molecule has 0 aromatic carbocycles. The predicted molar refractivity (Wildman–Crippen MR) is 54.7 cm³/mol. The Bertz CT molecular complexity index is 201. The van der Waals surface area contributed by atoms with E-state index in [0.717, 1.165) is 0 Å². The number of halogens is 2. The first-order valence-corrected chi connectivity index (χ1v) is 4.84. The second kappa shape index (κ2) is 4.87. The lowest BCUT2D eigenvalue weighted by atomic mass is 9.76. The zero-order valence-corrected chi connectivity index (χ0v) is 9.49. The fourth-order valence-corrected chi connectivity index (χ4v) is 1.42. The summed E-state index contributed by atoms with van der Waals surface area (Å²) in [6.07, 6.45) is 0.333. The normalized spacial score (nSPS) is 16.4. The van der Waals surface area contributed by atoms with Crippen LogP contribution in [0.4, 0.5) is 8.78 Å². The maximum absolute atomic E-state index is 13.8. The lowest BCUT2D eigenvalue weighted by Crippen LogP contribution is -2.43. The molecular formula is C11H20F2O. The van der Waals surface area contributed by atoms with Gasteiger partial charge in [0.2, 0.25) is 0 Å². The van der Waals surface area contributed by atoms with Gasteiger partial charge in [0.25, 0.3) is 5.92 Å². The Kier molecular flexibility index (Phi) is 4.72. The molecule has 0 bridgehead atoms. The van der Waals surface area contributed by atoms with Crippen molar-refractivity contribution in [3.05, 3.63) is 12.2 Å². The van der Waals surface area contributed by atoms with Gasteiger partial charge in [-0.1, -0.05) is 25.5 Å². The van der Waals surface area contributed by atoms with Crippen LogP contribution in [0.1, 0.15) is 33.6 Å². The summed E-state index contributed by atoms with van der Waals surface area (Å²) in [5.74, 6) is -2.75. The first-order valence-electron chi connectivity index (χ1n) is 4.84. The SMILES string of the molecule is C=C(C)C(C)(COC)C(F)(F)CCC. The zero-order valence-electron chi connectivity index (χ0n) is 9.49. The molecule has 0 fully saturated rings. The Morgan fingerprint density at radius 1 is 1.43 bits per heavy atom. The molecule has 0 radical (unpaired) electrons. The third-order valence-electron chi connectivity index (χ3n) is 2.75. The maximum Gasteiger partial charge on any atom is 0.259 e.